The minimum atomic E-state index is -1.49. The Bertz CT molecular complexity index is 620. The fourth-order valence-corrected chi connectivity index (χ4v) is 2.24. The largest absolute Gasteiger partial charge is 0.456 e. The van der Waals surface area contributed by atoms with Gasteiger partial charge in [-0.2, -0.15) is 0 Å². The molecule has 1 aliphatic rings. The quantitative estimate of drug-likeness (QED) is 0.289. The minimum absolute atomic E-state index is 0.0424. The van der Waals surface area contributed by atoms with Crippen LogP contribution in [0.25, 0.3) is 0 Å². The molecule has 4 N–H and O–H groups in total. The molecule has 0 unspecified atom stereocenters. The van der Waals surface area contributed by atoms with Crippen molar-refractivity contribution in [1.82, 2.24) is 15.0 Å². The molecule has 11 nitrogen and oxygen atoms in total. The molecule has 0 aliphatic carbocycles. The van der Waals surface area contributed by atoms with E-state index in [9.17, 15) is 20.1 Å². The van der Waals surface area contributed by atoms with Gasteiger partial charge in [0.25, 0.3) is 0 Å². The highest BCUT2D eigenvalue weighted by atomic mass is 16.7. The van der Waals surface area contributed by atoms with Crippen LogP contribution in [0.2, 0.25) is 0 Å². The Morgan fingerprint density at radius 2 is 2.08 bits per heavy atom. The summed E-state index contributed by atoms with van der Waals surface area (Å²) in [5.74, 6) is -0.523. The van der Waals surface area contributed by atoms with Crippen molar-refractivity contribution in [2.75, 3.05) is 13.2 Å². The highest BCUT2D eigenvalue weighted by Crippen LogP contribution is 2.21. The van der Waals surface area contributed by atoms with Crippen LogP contribution in [0.3, 0.4) is 0 Å². The molecule has 0 saturated carbocycles. The molecule has 0 bridgehead atoms. The van der Waals surface area contributed by atoms with Crippen molar-refractivity contribution < 1.29 is 39.4 Å². The van der Waals surface area contributed by atoms with E-state index in [1.807, 2.05) is 0 Å². The summed E-state index contributed by atoms with van der Waals surface area (Å²) in [5.41, 5.74) is 0.720. The van der Waals surface area contributed by atoms with Crippen molar-refractivity contribution >= 4 is 5.97 Å². The Balaban J connectivity index is 1.79. The SMILES string of the molecule is C=C(C)C(=O)OCc1cn(CCO[C@H]2O[C@H](CO)[C@@H](O)[C@H](O)[C@@H]2O)nn1. The number of rotatable bonds is 8. The molecule has 1 aromatic heterocycles. The van der Waals surface area contributed by atoms with Crippen LogP contribution < -0.4 is 0 Å². The molecule has 1 fully saturated rings. The van der Waals surface area contributed by atoms with Crippen molar-refractivity contribution in [3.05, 3.63) is 24.0 Å². The van der Waals surface area contributed by atoms with Crippen LogP contribution >= 0.6 is 0 Å². The van der Waals surface area contributed by atoms with Gasteiger partial charge in [0, 0.05) is 5.57 Å². The predicted molar refractivity (Wildman–Crippen MR) is 84.4 cm³/mol. The highest BCUT2D eigenvalue weighted by molar-refractivity contribution is 5.86. The lowest BCUT2D eigenvalue weighted by Crippen LogP contribution is -2.59. The van der Waals surface area contributed by atoms with Gasteiger partial charge in [0.05, 0.1) is 26.0 Å². The molecule has 0 spiro atoms. The number of aromatic nitrogens is 3. The topological polar surface area (TPSA) is 156 Å². The van der Waals surface area contributed by atoms with Gasteiger partial charge in [0.2, 0.25) is 0 Å². The van der Waals surface area contributed by atoms with E-state index in [2.05, 4.69) is 16.9 Å². The lowest BCUT2D eigenvalue weighted by Gasteiger charge is -2.39. The second-order valence-corrected chi connectivity index (χ2v) is 5.90. The molecule has 5 atom stereocenters. The summed E-state index contributed by atoms with van der Waals surface area (Å²) in [4.78, 5) is 11.3. The monoisotopic (exact) mass is 373 g/mol. The number of hydrogen-bond donors (Lipinski definition) is 4. The minimum Gasteiger partial charge on any atom is -0.456 e. The Morgan fingerprint density at radius 1 is 1.35 bits per heavy atom. The van der Waals surface area contributed by atoms with Crippen molar-refractivity contribution in [2.45, 2.75) is 50.8 Å². The van der Waals surface area contributed by atoms with Crippen LogP contribution in [-0.2, 0) is 32.2 Å². The zero-order valence-electron chi connectivity index (χ0n) is 14.3. The van der Waals surface area contributed by atoms with Crippen LogP contribution in [0, 0.1) is 0 Å². The third-order valence-electron chi connectivity index (χ3n) is 3.74. The summed E-state index contributed by atoms with van der Waals surface area (Å²) in [6, 6.07) is 0. The zero-order chi connectivity index (χ0) is 19.3. The molecule has 146 valence electrons. The predicted octanol–water partition coefficient (Wildman–Crippen LogP) is -2.29. The van der Waals surface area contributed by atoms with Crippen molar-refractivity contribution in [3.63, 3.8) is 0 Å². The number of esters is 1. The van der Waals surface area contributed by atoms with E-state index in [1.54, 1.807) is 6.20 Å². The van der Waals surface area contributed by atoms with Gasteiger partial charge in [-0.25, -0.2) is 9.48 Å². The van der Waals surface area contributed by atoms with Crippen LogP contribution in [-0.4, -0.2) is 85.3 Å². The summed E-state index contributed by atoms with van der Waals surface area (Å²) in [7, 11) is 0. The average Bonchev–Trinajstić information content (AvgIpc) is 3.07. The summed E-state index contributed by atoms with van der Waals surface area (Å²) in [5, 5.41) is 46.0. The highest BCUT2D eigenvalue weighted by Gasteiger charge is 2.43. The molecule has 2 rings (SSSR count). The smallest absolute Gasteiger partial charge is 0.333 e. The summed E-state index contributed by atoms with van der Waals surface area (Å²) in [6.07, 6.45) is -5.06. The Morgan fingerprint density at radius 3 is 2.73 bits per heavy atom. The average molecular weight is 373 g/mol. The number of nitrogens with zero attached hydrogens (tertiary/aromatic N) is 3. The molecular weight excluding hydrogens is 350 g/mol. The molecule has 0 aromatic carbocycles. The molecule has 2 heterocycles. The number of aliphatic hydroxyl groups is 4. The molecular formula is C15H23N3O8. The number of carbonyl (C=O) groups excluding carboxylic acids is 1. The van der Waals surface area contributed by atoms with Gasteiger partial charge in [-0.3, -0.25) is 0 Å². The summed E-state index contributed by atoms with van der Waals surface area (Å²) < 4.78 is 17.0. The van der Waals surface area contributed by atoms with Crippen molar-refractivity contribution in [3.8, 4) is 0 Å². The van der Waals surface area contributed by atoms with Gasteiger partial charge in [-0.05, 0) is 6.92 Å². The molecule has 26 heavy (non-hydrogen) atoms. The second kappa shape index (κ2) is 9.16. The lowest BCUT2D eigenvalue weighted by molar-refractivity contribution is -0.301. The van der Waals surface area contributed by atoms with E-state index in [1.165, 1.54) is 11.6 Å². The van der Waals surface area contributed by atoms with Gasteiger partial charge in [0.15, 0.2) is 6.29 Å². The van der Waals surface area contributed by atoms with Crippen LogP contribution in [0.15, 0.2) is 18.3 Å². The van der Waals surface area contributed by atoms with E-state index in [4.69, 9.17) is 19.3 Å². The first-order valence-corrected chi connectivity index (χ1v) is 7.97. The van der Waals surface area contributed by atoms with Crippen LogP contribution in [0.5, 0.6) is 0 Å². The zero-order valence-corrected chi connectivity index (χ0v) is 14.3. The lowest BCUT2D eigenvalue weighted by atomic mass is 9.99. The molecule has 1 aromatic rings. The van der Waals surface area contributed by atoms with E-state index >= 15 is 0 Å². The first kappa shape index (κ1) is 20.4. The first-order valence-electron chi connectivity index (χ1n) is 7.97. The number of hydrogen-bond acceptors (Lipinski definition) is 10. The van der Waals surface area contributed by atoms with E-state index in [-0.39, 0.29) is 25.3 Å². The summed E-state index contributed by atoms with van der Waals surface area (Å²) in [6.45, 7) is 4.74. The van der Waals surface area contributed by atoms with Crippen LogP contribution in [0.1, 0.15) is 12.6 Å². The van der Waals surface area contributed by atoms with Gasteiger partial charge in [0.1, 0.15) is 36.7 Å². The number of aliphatic hydroxyl groups excluding tert-OH is 4. The molecule has 0 amide bonds. The van der Waals surface area contributed by atoms with Gasteiger partial charge in [-0.1, -0.05) is 11.8 Å². The van der Waals surface area contributed by atoms with E-state index < -0.39 is 43.3 Å². The summed E-state index contributed by atoms with van der Waals surface area (Å²) >= 11 is 0. The van der Waals surface area contributed by atoms with E-state index in [0.717, 1.165) is 0 Å². The van der Waals surface area contributed by atoms with Crippen molar-refractivity contribution in [2.24, 2.45) is 0 Å². The van der Waals surface area contributed by atoms with Crippen molar-refractivity contribution in [1.29, 1.82) is 0 Å². The maximum absolute atomic E-state index is 11.3. The molecule has 1 saturated heterocycles. The first-order chi connectivity index (χ1) is 12.3. The molecule has 1 aliphatic heterocycles. The van der Waals surface area contributed by atoms with Gasteiger partial charge in [-0.15, -0.1) is 5.10 Å². The van der Waals surface area contributed by atoms with Crippen LogP contribution in [0.4, 0.5) is 0 Å². The third-order valence-corrected chi connectivity index (χ3v) is 3.74. The van der Waals surface area contributed by atoms with Gasteiger partial charge >= 0.3 is 5.97 Å². The second-order valence-electron chi connectivity index (χ2n) is 5.90. The Kier molecular flexibility index (Phi) is 7.20. The normalized spacial score (nSPS) is 28.7. The Labute approximate surface area is 149 Å². The number of ether oxygens (including phenoxy) is 3. The molecule has 11 heteroatoms. The standard InChI is InChI=1S/C15H23N3O8/c1-8(2)14(23)25-7-9-5-18(17-16-9)3-4-24-15-13(22)12(21)11(20)10(6-19)26-15/h5,10-13,15,19-22H,1,3-4,6-7H2,2H3/t10-,11-,12+,13+,15+/m1/s1. The maximum atomic E-state index is 11.3. The van der Waals surface area contributed by atoms with E-state index in [0.29, 0.717) is 5.69 Å². The Hall–Kier alpha value is -1.89. The third kappa shape index (κ3) is 5.06. The van der Waals surface area contributed by atoms with Gasteiger partial charge < -0.3 is 34.6 Å². The fraction of sp³-hybridized carbons (Fsp3) is 0.667. The molecule has 0 radical (unpaired) electrons. The number of carbonyl (C=O) groups is 1. The maximum Gasteiger partial charge on any atom is 0.333 e. The fourth-order valence-electron chi connectivity index (χ4n) is 2.24.